The molecule has 0 unspecified atom stereocenters. The summed E-state index contributed by atoms with van der Waals surface area (Å²) in [5, 5.41) is 0.641. The van der Waals surface area contributed by atoms with Crippen LogP contribution < -0.4 is 0 Å². The van der Waals surface area contributed by atoms with E-state index in [4.69, 9.17) is 27.9 Å². The molecule has 0 atom stereocenters. The molecular weight excluding hydrogens is 305 g/mol. The molecule has 7 heteroatoms. The van der Waals surface area contributed by atoms with Crippen LogP contribution in [-0.2, 0) is 14.3 Å². The van der Waals surface area contributed by atoms with E-state index in [2.05, 4.69) is 4.74 Å². The molecule has 1 aromatic rings. The maximum atomic E-state index is 12.3. The zero-order valence-corrected chi connectivity index (χ0v) is 12.7. The van der Waals surface area contributed by atoms with Gasteiger partial charge in [0.15, 0.2) is 0 Å². The predicted molar refractivity (Wildman–Crippen MR) is 76.3 cm³/mol. The second-order valence-corrected chi connectivity index (χ2v) is 4.74. The molecule has 0 saturated heterocycles. The smallest absolute Gasteiger partial charge is 0.325 e. The number of hydrogen-bond donors (Lipinski definition) is 0. The average molecular weight is 320 g/mol. The van der Waals surface area contributed by atoms with Crippen molar-refractivity contribution >= 4 is 35.1 Å². The highest BCUT2D eigenvalue weighted by molar-refractivity contribution is 6.42. The van der Waals surface area contributed by atoms with Crippen molar-refractivity contribution in [2.45, 2.75) is 0 Å². The van der Waals surface area contributed by atoms with E-state index in [9.17, 15) is 9.59 Å². The zero-order chi connectivity index (χ0) is 15.1. The molecular formula is C13H15Cl2NO4. The molecule has 0 aromatic heterocycles. The van der Waals surface area contributed by atoms with Crippen molar-refractivity contribution in [3.63, 3.8) is 0 Å². The van der Waals surface area contributed by atoms with E-state index in [0.717, 1.165) is 0 Å². The Kier molecular flexibility index (Phi) is 6.78. The number of carbonyl (C=O) groups excluding carboxylic acids is 2. The summed E-state index contributed by atoms with van der Waals surface area (Å²) in [7, 11) is 2.78. The summed E-state index contributed by atoms with van der Waals surface area (Å²) in [4.78, 5) is 25.0. The fraction of sp³-hybridized carbons (Fsp3) is 0.385. The SMILES string of the molecule is COCCN(CC(=O)OC)C(=O)c1ccc(Cl)c(Cl)c1. The Morgan fingerprint density at radius 1 is 1.20 bits per heavy atom. The van der Waals surface area contributed by atoms with Gasteiger partial charge in [0.1, 0.15) is 6.54 Å². The van der Waals surface area contributed by atoms with Crippen molar-refractivity contribution in [3.05, 3.63) is 33.8 Å². The van der Waals surface area contributed by atoms with Crippen molar-refractivity contribution in [2.24, 2.45) is 0 Å². The van der Waals surface area contributed by atoms with E-state index in [-0.39, 0.29) is 24.0 Å². The molecule has 0 saturated carbocycles. The van der Waals surface area contributed by atoms with Gasteiger partial charge in [-0.25, -0.2) is 0 Å². The van der Waals surface area contributed by atoms with Gasteiger partial charge in [-0.1, -0.05) is 23.2 Å². The van der Waals surface area contributed by atoms with E-state index < -0.39 is 5.97 Å². The summed E-state index contributed by atoms with van der Waals surface area (Å²) in [5.41, 5.74) is 0.347. The molecule has 0 spiro atoms. The molecule has 0 heterocycles. The lowest BCUT2D eigenvalue weighted by molar-refractivity contribution is -0.141. The van der Waals surface area contributed by atoms with Crippen molar-refractivity contribution in [1.29, 1.82) is 0 Å². The van der Waals surface area contributed by atoms with E-state index >= 15 is 0 Å². The third-order valence-corrected chi connectivity index (χ3v) is 3.31. The van der Waals surface area contributed by atoms with Gasteiger partial charge in [-0.05, 0) is 18.2 Å². The molecule has 110 valence electrons. The number of nitrogens with zero attached hydrogens (tertiary/aromatic N) is 1. The minimum Gasteiger partial charge on any atom is -0.468 e. The van der Waals surface area contributed by atoms with Crippen LogP contribution in [0.4, 0.5) is 0 Å². The molecule has 0 aliphatic carbocycles. The Bertz CT molecular complexity index is 493. The Morgan fingerprint density at radius 3 is 2.45 bits per heavy atom. The van der Waals surface area contributed by atoms with Crippen LogP contribution in [0.2, 0.25) is 10.0 Å². The molecule has 1 rings (SSSR count). The first-order valence-corrected chi connectivity index (χ1v) is 6.55. The van der Waals surface area contributed by atoms with Crippen LogP contribution in [0.15, 0.2) is 18.2 Å². The standard InChI is InChI=1S/C13H15Cl2NO4/c1-19-6-5-16(8-12(17)20-2)13(18)9-3-4-10(14)11(15)7-9/h3-4,7H,5-6,8H2,1-2H3. The van der Waals surface area contributed by atoms with Crippen molar-refractivity contribution in [3.8, 4) is 0 Å². The van der Waals surface area contributed by atoms with E-state index in [1.54, 1.807) is 6.07 Å². The van der Waals surface area contributed by atoms with Gasteiger partial charge >= 0.3 is 5.97 Å². The van der Waals surface area contributed by atoms with Crippen LogP contribution in [0.5, 0.6) is 0 Å². The highest BCUT2D eigenvalue weighted by Gasteiger charge is 2.19. The Labute approximate surface area is 127 Å². The quantitative estimate of drug-likeness (QED) is 0.755. The number of amides is 1. The molecule has 5 nitrogen and oxygen atoms in total. The predicted octanol–water partition coefficient (Wildman–Crippen LogP) is 2.25. The minimum atomic E-state index is -0.505. The first-order valence-electron chi connectivity index (χ1n) is 5.79. The average Bonchev–Trinajstić information content (AvgIpc) is 2.45. The normalized spacial score (nSPS) is 10.2. The lowest BCUT2D eigenvalue weighted by Crippen LogP contribution is -2.38. The number of esters is 1. The van der Waals surface area contributed by atoms with Gasteiger partial charge in [0, 0.05) is 19.2 Å². The van der Waals surface area contributed by atoms with Crippen LogP contribution in [0.3, 0.4) is 0 Å². The molecule has 0 bridgehead atoms. The fourth-order valence-corrected chi connectivity index (χ4v) is 1.78. The number of rotatable bonds is 6. The lowest BCUT2D eigenvalue weighted by Gasteiger charge is -2.21. The molecule has 0 radical (unpaired) electrons. The maximum Gasteiger partial charge on any atom is 0.325 e. The van der Waals surface area contributed by atoms with Crippen LogP contribution in [-0.4, -0.2) is 50.7 Å². The van der Waals surface area contributed by atoms with E-state index in [0.29, 0.717) is 17.2 Å². The molecule has 1 aromatic carbocycles. The Morgan fingerprint density at radius 2 is 1.90 bits per heavy atom. The highest BCUT2D eigenvalue weighted by atomic mass is 35.5. The highest BCUT2D eigenvalue weighted by Crippen LogP contribution is 2.23. The second-order valence-electron chi connectivity index (χ2n) is 3.92. The third-order valence-electron chi connectivity index (χ3n) is 2.57. The number of halogens is 2. The largest absolute Gasteiger partial charge is 0.468 e. The minimum absolute atomic E-state index is 0.154. The maximum absolute atomic E-state index is 12.3. The molecule has 0 aliphatic heterocycles. The Hall–Kier alpha value is -1.30. The molecule has 20 heavy (non-hydrogen) atoms. The van der Waals surface area contributed by atoms with Gasteiger partial charge in [-0.15, -0.1) is 0 Å². The second kappa shape index (κ2) is 8.09. The van der Waals surface area contributed by atoms with Crippen LogP contribution in [0.1, 0.15) is 10.4 Å². The van der Waals surface area contributed by atoms with Gasteiger partial charge in [0.05, 0.1) is 23.8 Å². The number of methoxy groups -OCH3 is 2. The van der Waals surface area contributed by atoms with Crippen LogP contribution >= 0.6 is 23.2 Å². The lowest BCUT2D eigenvalue weighted by atomic mass is 10.2. The van der Waals surface area contributed by atoms with Crippen molar-refractivity contribution in [1.82, 2.24) is 4.90 Å². The number of carbonyl (C=O) groups is 2. The molecule has 0 fully saturated rings. The topological polar surface area (TPSA) is 55.8 Å². The molecule has 0 aliphatic rings. The van der Waals surface area contributed by atoms with E-state index in [1.807, 2.05) is 0 Å². The first kappa shape index (κ1) is 16.8. The van der Waals surface area contributed by atoms with E-state index in [1.165, 1.54) is 31.3 Å². The van der Waals surface area contributed by atoms with Crippen LogP contribution in [0, 0.1) is 0 Å². The number of ether oxygens (including phenoxy) is 2. The summed E-state index contributed by atoms with van der Waals surface area (Å²) in [6.45, 7) is 0.424. The monoisotopic (exact) mass is 319 g/mol. The van der Waals surface area contributed by atoms with Gasteiger partial charge in [0.25, 0.3) is 5.91 Å². The zero-order valence-electron chi connectivity index (χ0n) is 11.2. The third kappa shape index (κ3) is 4.67. The molecule has 1 amide bonds. The Balaban J connectivity index is 2.90. The molecule has 0 N–H and O–H groups in total. The van der Waals surface area contributed by atoms with Gasteiger partial charge < -0.3 is 14.4 Å². The summed E-state index contributed by atoms with van der Waals surface area (Å²) >= 11 is 11.7. The number of hydrogen-bond acceptors (Lipinski definition) is 4. The summed E-state index contributed by atoms with van der Waals surface area (Å²) in [6.07, 6.45) is 0. The fourth-order valence-electron chi connectivity index (χ4n) is 1.49. The first-order chi connectivity index (χ1) is 9.49. The van der Waals surface area contributed by atoms with Crippen LogP contribution in [0.25, 0.3) is 0 Å². The summed E-state index contributed by atoms with van der Waals surface area (Å²) in [5.74, 6) is -0.847. The van der Waals surface area contributed by atoms with Crippen molar-refractivity contribution in [2.75, 3.05) is 33.9 Å². The summed E-state index contributed by atoms with van der Waals surface area (Å²) < 4.78 is 9.49. The van der Waals surface area contributed by atoms with Crippen molar-refractivity contribution < 1.29 is 19.1 Å². The number of benzene rings is 1. The van der Waals surface area contributed by atoms with Gasteiger partial charge in [-0.3, -0.25) is 9.59 Å². The van der Waals surface area contributed by atoms with Gasteiger partial charge in [-0.2, -0.15) is 0 Å². The summed E-state index contributed by atoms with van der Waals surface area (Å²) in [6, 6.07) is 4.54. The van der Waals surface area contributed by atoms with Gasteiger partial charge in [0.2, 0.25) is 0 Å².